The average Bonchev–Trinajstić information content (AvgIpc) is 3.42. The van der Waals surface area contributed by atoms with Crippen molar-refractivity contribution in [3.05, 3.63) is 68.2 Å². The van der Waals surface area contributed by atoms with Gasteiger partial charge in [0, 0.05) is 26.9 Å². The van der Waals surface area contributed by atoms with Crippen molar-refractivity contribution < 1.29 is 38.2 Å². The number of thiophene rings is 1. The summed E-state index contributed by atoms with van der Waals surface area (Å²) in [6.07, 6.45) is -0.531. The number of ether oxygens (including phenoxy) is 3. The van der Waals surface area contributed by atoms with Crippen molar-refractivity contribution in [2.75, 3.05) is 11.9 Å². The Bertz CT molecular complexity index is 1790. The van der Waals surface area contributed by atoms with Crippen LogP contribution in [0, 0.1) is 6.92 Å². The van der Waals surface area contributed by atoms with Gasteiger partial charge in [0.2, 0.25) is 0 Å². The summed E-state index contributed by atoms with van der Waals surface area (Å²) in [5.41, 5.74) is -0.0460. The molecule has 2 aromatic heterocycles. The Morgan fingerprint density at radius 2 is 1.72 bits per heavy atom. The van der Waals surface area contributed by atoms with Crippen LogP contribution in [0.2, 0.25) is 5.02 Å². The molecule has 47 heavy (non-hydrogen) atoms. The molecular formula is C33H34ClN3O8S2. The molecule has 1 atom stereocenters. The fourth-order valence-electron chi connectivity index (χ4n) is 5.00. The third kappa shape index (κ3) is 7.86. The van der Waals surface area contributed by atoms with E-state index in [1.54, 1.807) is 66.7 Å². The van der Waals surface area contributed by atoms with Crippen LogP contribution in [-0.4, -0.2) is 63.4 Å². The summed E-state index contributed by atoms with van der Waals surface area (Å²) in [6.45, 7) is 11.8. The third-order valence-corrected chi connectivity index (χ3v) is 9.22. The van der Waals surface area contributed by atoms with Gasteiger partial charge in [-0.15, -0.1) is 11.3 Å². The zero-order valence-electron chi connectivity index (χ0n) is 26.9. The maximum absolute atomic E-state index is 13.7. The molecule has 5 rings (SSSR count). The summed E-state index contributed by atoms with van der Waals surface area (Å²) in [4.78, 5) is 73.1. The zero-order valence-corrected chi connectivity index (χ0v) is 29.3. The molecule has 14 heteroatoms. The van der Waals surface area contributed by atoms with Crippen molar-refractivity contribution in [2.24, 2.45) is 0 Å². The number of carbonyl (C=O) groups is 5. The van der Waals surface area contributed by atoms with Crippen LogP contribution < -0.4 is 5.32 Å². The molecule has 248 valence electrons. The van der Waals surface area contributed by atoms with E-state index in [9.17, 15) is 24.0 Å². The number of nitrogens with zero attached hydrogens (tertiary/aromatic N) is 2. The number of carbonyl (C=O) groups excluding carboxylic acids is 5. The lowest BCUT2D eigenvalue weighted by Gasteiger charge is -2.27. The minimum atomic E-state index is -1.10. The number of aromatic nitrogens is 1. The molecule has 1 unspecified atom stereocenters. The smallest absolute Gasteiger partial charge is 0.397 e. The number of amides is 3. The first-order chi connectivity index (χ1) is 21.9. The van der Waals surface area contributed by atoms with Crippen molar-refractivity contribution in [3.8, 4) is 0 Å². The van der Waals surface area contributed by atoms with Gasteiger partial charge < -0.3 is 19.5 Å². The highest BCUT2D eigenvalue weighted by molar-refractivity contribution is 7.99. The second kappa shape index (κ2) is 13.0. The van der Waals surface area contributed by atoms with Gasteiger partial charge in [0.05, 0.1) is 35.9 Å². The Labute approximate surface area is 285 Å². The Morgan fingerprint density at radius 1 is 1.06 bits per heavy atom. The highest BCUT2D eigenvalue weighted by Gasteiger charge is 2.42. The lowest BCUT2D eigenvalue weighted by molar-refractivity contribution is -0.161. The van der Waals surface area contributed by atoms with Gasteiger partial charge in [-0.2, -0.15) is 0 Å². The molecular weight excluding hydrogens is 666 g/mol. The standard InChI is InChI=1S/C33H34ClN3O8S2/c1-16-12-21-23(26(35-16)46-19-10-8-17(34)9-11-19)29(40)37(28(21)39)14-18-13-20-22(15-43-18)47-27(24(20)30(41)44-32(2,3)4)36-25(38)31(42)45-33(5,6)7/h8-12,18H,13-15H2,1-7H3,(H,36,38). The van der Waals surface area contributed by atoms with Crippen molar-refractivity contribution >= 4 is 69.4 Å². The number of rotatable bonds is 6. The fraction of sp³-hybridized carbons (Fsp3) is 0.394. The van der Waals surface area contributed by atoms with E-state index in [1.165, 1.54) is 11.8 Å². The molecule has 0 aliphatic carbocycles. The summed E-state index contributed by atoms with van der Waals surface area (Å²) in [6, 6.07) is 8.68. The quantitative estimate of drug-likeness (QED) is 0.179. The number of esters is 2. The number of hydrogen-bond acceptors (Lipinski definition) is 11. The van der Waals surface area contributed by atoms with Crippen LogP contribution in [-0.2, 0) is 36.8 Å². The van der Waals surface area contributed by atoms with Gasteiger partial charge >= 0.3 is 17.8 Å². The van der Waals surface area contributed by atoms with Gasteiger partial charge in [-0.3, -0.25) is 19.3 Å². The molecule has 0 radical (unpaired) electrons. The summed E-state index contributed by atoms with van der Waals surface area (Å²) >= 11 is 8.38. The zero-order chi connectivity index (χ0) is 34.4. The minimum absolute atomic E-state index is 0.0459. The maximum Gasteiger partial charge on any atom is 0.397 e. The number of aryl methyl sites for hydroxylation is 1. The molecule has 2 aliphatic rings. The van der Waals surface area contributed by atoms with Crippen LogP contribution in [0.5, 0.6) is 0 Å². The summed E-state index contributed by atoms with van der Waals surface area (Å²) in [5.74, 6) is -3.79. The molecule has 0 fully saturated rings. The van der Waals surface area contributed by atoms with Crippen molar-refractivity contribution in [1.29, 1.82) is 0 Å². The van der Waals surface area contributed by atoms with Gasteiger partial charge in [-0.05, 0) is 84.4 Å². The first-order valence-corrected chi connectivity index (χ1v) is 16.8. The largest absolute Gasteiger partial charge is 0.456 e. The van der Waals surface area contributed by atoms with Crippen LogP contribution in [0.4, 0.5) is 5.00 Å². The summed E-state index contributed by atoms with van der Waals surface area (Å²) < 4.78 is 16.9. The lowest BCUT2D eigenvalue weighted by Crippen LogP contribution is -2.40. The summed E-state index contributed by atoms with van der Waals surface area (Å²) in [7, 11) is 0. The lowest BCUT2D eigenvalue weighted by atomic mass is 10.00. The molecule has 3 amide bonds. The van der Waals surface area contributed by atoms with Crippen LogP contribution in [0.1, 0.15) is 88.8 Å². The molecule has 0 saturated carbocycles. The highest BCUT2D eigenvalue weighted by atomic mass is 35.5. The van der Waals surface area contributed by atoms with Gasteiger partial charge in [-0.25, -0.2) is 14.6 Å². The number of halogens is 1. The van der Waals surface area contributed by atoms with E-state index < -0.39 is 47.0 Å². The monoisotopic (exact) mass is 699 g/mol. The average molecular weight is 700 g/mol. The van der Waals surface area contributed by atoms with Gasteiger partial charge in [0.25, 0.3) is 11.8 Å². The van der Waals surface area contributed by atoms with Gasteiger partial charge in [0.1, 0.15) is 21.2 Å². The van der Waals surface area contributed by atoms with E-state index >= 15 is 0 Å². The Balaban J connectivity index is 1.40. The Morgan fingerprint density at radius 3 is 2.36 bits per heavy atom. The molecule has 0 spiro atoms. The Hall–Kier alpha value is -3.78. The predicted octanol–water partition coefficient (Wildman–Crippen LogP) is 6.23. The Kier molecular flexibility index (Phi) is 9.57. The van der Waals surface area contributed by atoms with E-state index in [4.69, 9.17) is 25.8 Å². The number of hydrogen-bond donors (Lipinski definition) is 1. The van der Waals surface area contributed by atoms with E-state index in [-0.39, 0.29) is 41.3 Å². The highest BCUT2D eigenvalue weighted by Crippen LogP contribution is 2.40. The number of pyridine rings is 1. The van der Waals surface area contributed by atoms with Gasteiger partial charge in [-0.1, -0.05) is 23.4 Å². The van der Waals surface area contributed by atoms with E-state index in [0.29, 0.717) is 26.2 Å². The topological polar surface area (TPSA) is 141 Å². The molecule has 0 bridgehead atoms. The normalized spacial score (nSPS) is 16.1. The number of fused-ring (bicyclic) bond motifs is 2. The number of nitrogens with one attached hydrogen (secondary N) is 1. The molecule has 0 saturated heterocycles. The fourth-order valence-corrected chi connectivity index (χ4v) is 7.25. The molecule has 1 aromatic carbocycles. The number of benzene rings is 1. The first-order valence-electron chi connectivity index (χ1n) is 14.7. The van der Waals surface area contributed by atoms with Crippen molar-refractivity contribution in [2.45, 2.75) is 88.7 Å². The molecule has 11 nitrogen and oxygen atoms in total. The third-order valence-electron chi connectivity index (χ3n) is 6.85. The van der Waals surface area contributed by atoms with Crippen molar-refractivity contribution in [3.63, 3.8) is 0 Å². The van der Waals surface area contributed by atoms with E-state index in [0.717, 1.165) is 21.1 Å². The van der Waals surface area contributed by atoms with E-state index in [2.05, 4.69) is 10.3 Å². The maximum atomic E-state index is 13.7. The first kappa shape index (κ1) is 34.6. The van der Waals surface area contributed by atoms with Gasteiger partial charge in [0.15, 0.2) is 0 Å². The summed E-state index contributed by atoms with van der Waals surface area (Å²) in [5, 5.41) is 3.62. The van der Waals surface area contributed by atoms with Crippen molar-refractivity contribution in [1.82, 2.24) is 9.88 Å². The second-order valence-corrected chi connectivity index (χ2v) is 15.7. The molecule has 1 N–H and O–H groups in total. The van der Waals surface area contributed by atoms with Crippen LogP contribution >= 0.6 is 34.7 Å². The molecule has 3 aromatic rings. The number of anilines is 1. The second-order valence-electron chi connectivity index (χ2n) is 13.1. The van der Waals surface area contributed by atoms with E-state index in [1.807, 2.05) is 12.1 Å². The number of imide groups is 1. The SMILES string of the molecule is Cc1cc2c(c(Sc3ccc(Cl)cc3)n1)C(=O)N(CC1Cc3c(sc(NC(=O)C(=O)OC(C)(C)C)c3C(=O)OC(C)(C)C)CO1)C2=O. The van der Waals surface area contributed by atoms with Crippen LogP contribution in [0.25, 0.3) is 0 Å². The molecule has 4 heterocycles. The van der Waals surface area contributed by atoms with Crippen LogP contribution in [0.3, 0.4) is 0 Å². The predicted molar refractivity (Wildman–Crippen MR) is 176 cm³/mol. The minimum Gasteiger partial charge on any atom is -0.456 e. The van der Waals surface area contributed by atoms with Crippen LogP contribution in [0.15, 0.2) is 40.3 Å². The molecule has 2 aliphatic heterocycles.